The summed E-state index contributed by atoms with van der Waals surface area (Å²) in [6, 6.07) is 19.6. The van der Waals surface area contributed by atoms with Gasteiger partial charge in [0.05, 0.1) is 24.4 Å². The quantitative estimate of drug-likeness (QED) is 0.150. The van der Waals surface area contributed by atoms with Crippen molar-refractivity contribution < 1.29 is 18.3 Å². The summed E-state index contributed by atoms with van der Waals surface area (Å²) in [4.78, 5) is 30.9. The van der Waals surface area contributed by atoms with Gasteiger partial charge < -0.3 is 14.5 Å². The number of halogens is 1. The molecule has 2 heterocycles. The molecule has 0 amide bonds. The van der Waals surface area contributed by atoms with Crippen LogP contribution in [0, 0.1) is 11.7 Å². The lowest BCUT2D eigenvalue weighted by atomic mass is 9.94. The number of unbranched alkanes of at least 4 members (excludes halogenated alkanes) is 1. The number of esters is 1. The number of rotatable bonds is 10. The second kappa shape index (κ2) is 11.7. The minimum Gasteiger partial charge on any atom is -0.464 e. The Labute approximate surface area is 231 Å². The number of hydrogen-bond acceptors (Lipinski definition) is 6. The van der Waals surface area contributed by atoms with E-state index in [4.69, 9.17) is 9.15 Å². The second-order valence-corrected chi connectivity index (χ2v) is 10.2. The van der Waals surface area contributed by atoms with Gasteiger partial charge in [-0.05, 0) is 48.2 Å². The molecule has 0 aliphatic carbocycles. The van der Waals surface area contributed by atoms with Crippen molar-refractivity contribution in [2.24, 2.45) is 5.92 Å². The van der Waals surface area contributed by atoms with Crippen LogP contribution < -0.4 is 10.9 Å². The van der Waals surface area contributed by atoms with E-state index in [1.807, 2.05) is 43.3 Å². The van der Waals surface area contributed by atoms with Gasteiger partial charge in [0.1, 0.15) is 35.0 Å². The SMILES string of the molecule is CCCCOC(=O)Cn1c(-c2ccccc2F)ncc(N[C@@H](c2ccc3oc4ccccc4c3c2)C(C)C)c1=O. The zero-order valence-corrected chi connectivity index (χ0v) is 22.8. The van der Waals surface area contributed by atoms with E-state index in [0.29, 0.717) is 6.42 Å². The van der Waals surface area contributed by atoms with Crippen molar-refractivity contribution >= 4 is 33.6 Å². The normalized spacial score (nSPS) is 12.2. The second-order valence-electron chi connectivity index (χ2n) is 10.2. The summed E-state index contributed by atoms with van der Waals surface area (Å²) in [7, 11) is 0. The standard InChI is InChI=1S/C32H32FN3O4/c1-4-5-16-39-29(37)19-36-31(23-11-6-8-12-25(23)33)34-18-26(32(36)38)35-30(20(2)3)21-14-15-28-24(17-21)22-10-7-9-13-27(22)40-28/h6-15,17-18,20,30,35H,4-5,16,19H2,1-3H3/t30-/m1/s1. The van der Waals surface area contributed by atoms with E-state index in [9.17, 15) is 14.0 Å². The van der Waals surface area contributed by atoms with Crippen molar-refractivity contribution in [1.82, 2.24) is 9.55 Å². The van der Waals surface area contributed by atoms with Crippen molar-refractivity contribution in [3.63, 3.8) is 0 Å². The molecule has 5 aromatic rings. The minimum atomic E-state index is -0.579. The average molecular weight is 542 g/mol. The highest BCUT2D eigenvalue weighted by atomic mass is 19.1. The Morgan fingerprint density at radius 2 is 1.80 bits per heavy atom. The molecule has 0 fully saturated rings. The van der Waals surface area contributed by atoms with Crippen LogP contribution in [0.15, 0.2) is 82.1 Å². The number of aromatic nitrogens is 2. The number of nitrogens with zero attached hydrogens (tertiary/aromatic N) is 2. The molecule has 0 aliphatic rings. The monoisotopic (exact) mass is 541 g/mol. The molecule has 7 nitrogen and oxygen atoms in total. The Morgan fingerprint density at radius 1 is 1.05 bits per heavy atom. The number of benzene rings is 3. The van der Waals surface area contributed by atoms with Crippen LogP contribution in [0.25, 0.3) is 33.3 Å². The number of furan rings is 1. The Bertz CT molecular complexity index is 1720. The van der Waals surface area contributed by atoms with E-state index in [2.05, 4.69) is 30.2 Å². The zero-order valence-electron chi connectivity index (χ0n) is 22.8. The number of anilines is 1. The molecule has 1 N–H and O–H groups in total. The number of hydrogen-bond donors (Lipinski definition) is 1. The van der Waals surface area contributed by atoms with Crippen molar-refractivity contribution in [1.29, 1.82) is 0 Å². The molecule has 1 atom stereocenters. The fourth-order valence-corrected chi connectivity index (χ4v) is 4.84. The fraction of sp³-hybridized carbons (Fsp3) is 0.281. The first-order valence-electron chi connectivity index (χ1n) is 13.6. The molecule has 3 aromatic carbocycles. The van der Waals surface area contributed by atoms with Gasteiger partial charge in [-0.2, -0.15) is 0 Å². The predicted molar refractivity (Wildman–Crippen MR) is 155 cm³/mol. The Hall–Kier alpha value is -4.46. The van der Waals surface area contributed by atoms with E-state index in [-0.39, 0.29) is 42.2 Å². The van der Waals surface area contributed by atoms with Crippen LogP contribution in [0.1, 0.15) is 45.2 Å². The molecule has 40 heavy (non-hydrogen) atoms. The molecule has 0 bridgehead atoms. The van der Waals surface area contributed by atoms with E-state index in [1.165, 1.54) is 22.9 Å². The lowest BCUT2D eigenvalue weighted by Gasteiger charge is -2.24. The Morgan fingerprint density at radius 3 is 2.58 bits per heavy atom. The smallest absolute Gasteiger partial charge is 0.326 e. The van der Waals surface area contributed by atoms with Crippen molar-refractivity contribution in [2.75, 3.05) is 11.9 Å². The first-order valence-corrected chi connectivity index (χ1v) is 13.6. The van der Waals surface area contributed by atoms with Gasteiger partial charge in [-0.15, -0.1) is 0 Å². The summed E-state index contributed by atoms with van der Waals surface area (Å²) in [6.45, 7) is 5.98. The van der Waals surface area contributed by atoms with Gasteiger partial charge in [0.2, 0.25) is 0 Å². The Kier molecular flexibility index (Phi) is 7.96. The summed E-state index contributed by atoms with van der Waals surface area (Å²) in [5.74, 6) is -0.962. The molecule has 0 spiro atoms. The molecule has 8 heteroatoms. The number of carbonyl (C=O) groups is 1. The van der Waals surface area contributed by atoms with Gasteiger partial charge in [-0.1, -0.05) is 63.6 Å². The first-order chi connectivity index (χ1) is 19.4. The molecule has 0 unspecified atom stereocenters. The van der Waals surface area contributed by atoms with Gasteiger partial charge >= 0.3 is 5.97 Å². The van der Waals surface area contributed by atoms with Gasteiger partial charge in [-0.3, -0.25) is 14.2 Å². The van der Waals surface area contributed by atoms with Crippen molar-refractivity contribution in [3.05, 3.63) is 94.7 Å². The zero-order chi connectivity index (χ0) is 28.2. The summed E-state index contributed by atoms with van der Waals surface area (Å²) in [6.07, 6.45) is 2.99. The lowest BCUT2D eigenvalue weighted by Crippen LogP contribution is -2.31. The highest BCUT2D eigenvalue weighted by Crippen LogP contribution is 2.33. The summed E-state index contributed by atoms with van der Waals surface area (Å²) in [5, 5.41) is 5.36. The van der Waals surface area contributed by atoms with E-state index in [1.54, 1.807) is 12.1 Å². The van der Waals surface area contributed by atoms with Crippen molar-refractivity contribution in [3.8, 4) is 11.4 Å². The van der Waals surface area contributed by atoms with Crippen molar-refractivity contribution in [2.45, 2.75) is 46.2 Å². The maximum absolute atomic E-state index is 14.7. The maximum atomic E-state index is 14.7. The van der Waals surface area contributed by atoms with Crippen LogP contribution >= 0.6 is 0 Å². The van der Waals surface area contributed by atoms with Gasteiger partial charge in [0.25, 0.3) is 5.56 Å². The Balaban J connectivity index is 1.54. The molecule has 0 aliphatic heterocycles. The van der Waals surface area contributed by atoms with E-state index in [0.717, 1.165) is 33.9 Å². The van der Waals surface area contributed by atoms with Gasteiger partial charge in [-0.25, -0.2) is 9.37 Å². The average Bonchev–Trinajstić information content (AvgIpc) is 3.32. The van der Waals surface area contributed by atoms with Gasteiger partial charge in [0, 0.05) is 10.8 Å². The third-order valence-electron chi connectivity index (χ3n) is 6.95. The highest BCUT2D eigenvalue weighted by Gasteiger charge is 2.22. The third kappa shape index (κ3) is 5.47. The van der Waals surface area contributed by atoms with E-state index >= 15 is 0 Å². The maximum Gasteiger partial charge on any atom is 0.326 e. The van der Waals surface area contributed by atoms with Crippen LogP contribution in [0.4, 0.5) is 10.1 Å². The minimum absolute atomic E-state index is 0.0634. The summed E-state index contributed by atoms with van der Waals surface area (Å²) >= 11 is 0. The third-order valence-corrected chi connectivity index (χ3v) is 6.95. The molecule has 0 radical (unpaired) electrons. The molecule has 206 valence electrons. The number of para-hydroxylation sites is 1. The molecule has 2 aromatic heterocycles. The topological polar surface area (TPSA) is 86.4 Å². The number of fused-ring (bicyclic) bond motifs is 3. The lowest BCUT2D eigenvalue weighted by molar-refractivity contribution is -0.144. The number of nitrogens with one attached hydrogen (secondary N) is 1. The molecule has 5 rings (SSSR count). The fourth-order valence-electron chi connectivity index (χ4n) is 4.84. The van der Waals surface area contributed by atoms with Gasteiger partial charge in [0.15, 0.2) is 0 Å². The largest absolute Gasteiger partial charge is 0.464 e. The summed E-state index contributed by atoms with van der Waals surface area (Å²) in [5.41, 5.74) is 2.42. The summed E-state index contributed by atoms with van der Waals surface area (Å²) < 4.78 is 27.2. The molecular weight excluding hydrogens is 509 g/mol. The van der Waals surface area contributed by atoms with E-state index < -0.39 is 17.3 Å². The molecule has 0 saturated heterocycles. The van der Waals surface area contributed by atoms with Crippen LogP contribution in [0.5, 0.6) is 0 Å². The predicted octanol–water partition coefficient (Wildman–Crippen LogP) is 7.10. The highest BCUT2D eigenvalue weighted by molar-refractivity contribution is 6.05. The number of carbonyl (C=O) groups excluding carboxylic acids is 1. The number of ether oxygens (including phenoxy) is 1. The first kappa shape index (κ1) is 27.1. The van der Waals surface area contributed by atoms with Crippen LogP contribution in [0.2, 0.25) is 0 Å². The van der Waals surface area contributed by atoms with Crippen LogP contribution in [-0.2, 0) is 16.1 Å². The van der Waals surface area contributed by atoms with Crippen LogP contribution in [-0.4, -0.2) is 22.1 Å². The molecule has 0 saturated carbocycles. The molecular formula is C32H32FN3O4. The van der Waals surface area contributed by atoms with Crippen LogP contribution in [0.3, 0.4) is 0 Å².